The number of nitrogens with zero attached hydrogens (tertiary/aromatic N) is 3. The number of azo groups is 1. The summed E-state index contributed by atoms with van der Waals surface area (Å²) in [6.07, 6.45) is 0. The molecule has 1 aromatic heterocycles. The van der Waals surface area contributed by atoms with Crippen LogP contribution in [0.2, 0.25) is 0 Å². The number of fused-ring (bicyclic) bond motifs is 1. The first kappa shape index (κ1) is 8.31. The Morgan fingerprint density at radius 3 is 3.00 bits per heavy atom. The van der Waals surface area contributed by atoms with Gasteiger partial charge in [-0.3, -0.25) is 0 Å². The first-order chi connectivity index (χ1) is 6.29. The van der Waals surface area contributed by atoms with Crippen molar-refractivity contribution in [3.05, 3.63) is 23.8 Å². The van der Waals surface area contributed by atoms with Gasteiger partial charge < -0.3 is 0 Å². The maximum Gasteiger partial charge on any atom is 0.230 e. The van der Waals surface area contributed by atoms with Gasteiger partial charge in [-0.1, -0.05) is 17.4 Å². The fraction of sp³-hybridized carbons (Fsp3) is 0.222. The molecular formula is C9H9N3S. The van der Waals surface area contributed by atoms with Gasteiger partial charge in [0.2, 0.25) is 5.13 Å². The molecule has 0 saturated heterocycles. The van der Waals surface area contributed by atoms with E-state index in [4.69, 9.17) is 0 Å². The van der Waals surface area contributed by atoms with Crippen LogP contribution in [0.4, 0.5) is 5.13 Å². The third-order valence-electron chi connectivity index (χ3n) is 1.72. The minimum absolute atomic E-state index is 0.725. The molecule has 0 N–H and O–H groups in total. The van der Waals surface area contributed by atoms with Gasteiger partial charge in [-0.05, 0) is 24.6 Å². The van der Waals surface area contributed by atoms with Crippen LogP contribution < -0.4 is 0 Å². The van der Waals surface area contributed by atoms with Gasteiger partial charge in [0.1, 0.15) is 0 Å². The van der Waals surface area contributed by atoms with Crippen LogP contribution in [0, 0.1) is 6.92 Å². The molecule has 2 rings (SSSR count). The van der Waals surface area contributed by atoms with E-state index in [1.165, 1.54) is 10.3 Å². The number of hydrogen-bond acceptors (Lipinski definition) is 4. The van der Waals surface area contributed by atoms with Gasteiger partial charge in [-0.25, -0.2) is 4.98 Å². The minimum atomic E-state index is 0.725. The summed E-state index contributed by atoms with van der Waals surface area (Å²) in [6.45, 7) is 2.07. The van der Waals surface area contributed by atoms with E-state index in [1.807, 2.05) is 6.07 Å². The van der Waals surface area contributed by atoms with Gasteiger partial charge in [-0.15, -0.1) is 5.11 Å². The quantitative estimate of drug-likeness (QED) is 0.637. The summed E-state index contributed by atoms with van der Waals surface area (Å²) in [5, 5.41) is 8.33. The molecule has 0 saturated carbocycles. The fourth-order valence-corrected chi connectivity index (χ4v) is 2.07. The van der Waals surface area contributed by atoms with Crippen LogP contribution in [0.1, 0.15) is 5.56 Å². The largest absolute Gasteiger partial charge is 0.230 e. The molecule has 2 aromatic rings. The van der Waals surface area contributed by atoms with Gasteiger partial charge >= 0.3 is 0 Å². The zero-order valence-corrected chi connectivity index (χ0v) is 8.30. The fourth-order valence-electron chi connectivity index (χ4n) is 1.15. The number of rotatable bonds is 1. The highest BCUT2D eigenvalue weighted by atomic mass is 32.1. The SMILES string of the molecule is CN=Nc1nc2ccc(C)cc2s1. The Morgan fingerprint density at radius 1 is 1.38 bits per heavy atom. The lowest BCUT2D eigenvalue weighted by molar-refractivity contribution is 1.15. The lowest BCUT2D eigenvalue weighted by atomic mass is 10.2. The summed E-state index contributed by atoms with van der Waals surface area (Å²) in [5.74, 6) is 0. The highest BCUT2D eigenvalue weighted by Gasteiger charge is 2.01. The molecule has 0 fully saturated rings. The number of aryl methyl sites for hydroxylation is 1. The molecule has 0 aliphatic heterocycles. The van der Waals surface area contributed by atoms with Gasteiger partial charge in [0.25, 0.3) is 0 Å². The molecule has 13 heavy (non-hydrogen) atoms. The van der Waals surface area contributed by atoms with Crippen molar-refractivity contribution in [1.29, 1.82) is 0 Å². The maximum atomic E-state index is 4.30. The molecule has 0 spiro atoms. The molecule has 66 valence electrons. The van der Waals surface area contributed by atoms with Crippen molar-refractivity contribution in [3.63, 3.8) is 0 Å². The highest BCUT2D eigenvalue weighted by molar-refractivity contribution is 7.21. The molecule has 0 aliphatic rings. The molecule has 0 radical (unpaired) electrons. The first-order valence-electron chi connectivity index (χ1n) is 3.96. The standard InChI is InChI=1S/C9H9N3S/c1-6-3-4-7-8(5-6)13-9(11-7)12-10-2/h3-5H,1-2H3. The zero-order chi connectivity index (χ0) is 9.26. The summed E-state index contributed by atoms with van der Waals surface area (Å²) >= 11 is 1.56. The van der Waals surface area contributed by atoms with E-state index in [-0.39, 0.29) is 0 Å². The van der Waals surface area contributed by atoms with Crippen molar-refractivity contribution in [2.75, 3.05) is 7.05 Å². The van der Waals surface area contributed by atoms with E-state index in [9.17, 15) is 0 Å². The minimum Gasteiger partial charge on any atom is -0.217 e. The first-order valence-corrected chi connectivity index (χ1v) is 4.78. The second kappa shape index (κ2) is 3.22. The second-order valence-electron chi connectivity index (χ2n) is 2.77. The van der Waals surface area contributed by atoms with Crippen molar-refractivity contribution in [2.45, 2.75) is 6.92 Å². The third-order valence-corrected chi connectivity index (χ3v) is 2.62. The molecule has 1 heterocycles. The normalized spacial score (nSPS) is 11.5. The Bertz CT molecular complexity index is 459. The van der Waals surface area contributed by atoms with Crippen molar-refractivity contribution in [1.82, 2.24) is 4.98 Å². The molecule has 0 unspecified atom stereocenters. The van der Waals surface area contributed by atoms with E-state index in [2.05, 4.69) is 34.3 Å². The molecule has 0 atom stereocenters. The van der Waals surface area contributed by atoms with Gasteiger partial charge in [0, 0.05) is 7.05 Å². The number of benzene rings is 1. The monoisotopic (exact) mass is 191 g/mol. The predicted molar refractivity (Wildman–Crippen MR) is 54.8 cm³/mol. The van der Waals surface area contributed by atoms with Crippen LogP contribution in [-0.4, -0.2) is 12.0 Å². The Hall–Kier alpha value is -1.29. The van der Waals surface area contributed by atoms with Crippen LogP contribution in [0.25, 0.3) is 10.2 Å². The molecule has 3 nitrogen and oxygen atoms in total. The molecule has 0 bridgehead atoms. The average molecular weight is 191 g/mol. The third kappa shape index (κ3) is 1.58. The lowest BCUT2D eigenvalue weighted by Gasteiger charge is -1.88. The van der Waals surface area contributed by atoms with Crippen LogP contribution in [0.3, 0.4) is 0 Å². The number of thiazole rings is 1. The van der Waals surface area contributed by atoms with E-state index >= 15 is 0 Å². The van der Waals surface area contributed by atoms with E-state index in [0.717, 1.165) is 10.6 Å². The van der Waals surface area contributed by atoms with E-state index in [0.29, 0.717) is 0 Å². The van der Waals surface area contributed by atoms with Crippen LogP contribution in [0.5, 0.6) is 0 Å². The summed E-state index contributed by atoms with van der Waals surface area (Å²) in [5.41, 5.74) is 2.24. The van der Waals surface area contributed by atoms with Gasteiger partial charge in [0.15, 0.2) is 0 Å². The van der Waals surface area contributed by atoms with Crippen molar-refractivity contribution in [2.24, 2.45) is 10.2 Å². The summed E-state index contributed by atoms with van der Waals surface area (Å²) in [4.78, 5) is 4.30. The van der Waals surface area contributed by atoms with Gasteiger partial charge in [-0.2, -0.15) is 5.11 Å². The van der Waals surface area contributed by atoms with Crippen LogP contribution in [-0.2, 0) is 0 Å². The maximum absolute atomic E-state index is 4.30. The summed E-state index contributed by atoms with van der Waals surface area (Å²) in [7, 11) is 1.65. The Morgan fingerprint density at radius 2 is 2.23 bits per heavy atom. The smallest absolute Gasteiger partial charge is 0.217 e. The Kier molecular flexibility index (Phi) is 2.06. The zero-order valence-electron chi connectivity index (χ0n) is 7.48. The summed E-state index contributed by atoms with van der Waals surface area (Å²) < 4.78 is 1.17. The predicted octanol–water partition coefficient (Wildman–Crippen LogP) is 3.32. The average Bonchev–Trinajstić information content (AvgIpc) is 2.46. The van der Waals surface area contributed by atoms with E-state index in [1.54, 1.807) is 18.4 Å². The Labute approximate surface area is 80.1 Å². The second-order valence-corrected chi connectivity index (χ2v) is 3.78. The van der Waals surface area contributed by atoms with Gasteiger partial charge in [0.05, 0.1) is 10.2 Å². The molecule has 0 amide bonds. The summed E-state index contributed by atoms with van der Waals surface area (Å²) in [6, 6.07) is 6.17. The topological polar surface area (TPSA) is 37.6 Å². The molecule has 0 aliphatic carbocycles. The van der Waals surface area contributed by atoms with Crippen molar-refractivity contribution in [3.8, 4) is 0 Å². The molecule has 4 heteroatoms. The molecular weight excluding hydrogens is 182 g/mol. The number of hydrogen-bond donors (Lipinski definition) is 0. The van der Waals surface area contributed by atoms with Crippen LogP contribution >= 0.6 is 11.3 Å². The molecule has 1 aromatic carbocycles. The Balaban J connectivity index is 2.62. The lowest BCUT2D eigenvalue weighted by Crippen LogP contribution is -1.69. The van der Waals surface area contributed by atoms with Crippen LogP contribution in [0.15, 0.2) is 28.4 Å². The van der Waals surface area contributed by atoms with Crippen molar-refractivity contribution < 1.29 is 0 Å². The van der Waals surface area contributed by atoms with Crippen molar-refractivity contribution >= 4 is 26.7 Å². The number of aromatic nitrogens is 1. The highest BCUT2D eigenvalue weighted by Crippen LogP contribution is 2.28. The van der Waals surface area contributed by atoms with E-state index < -0.39 is 0 Å².